The summed E-state index contributed by atoms with van der Waals surface area (Å²) in [6, 6.07) is 9.88. The van der Waals surface area contributed by atoms with Crippen molar-refractivity contribution < 1.29 is 24.1 Å². The normalized spacial score (nSPS) is 13.7. The van der Waals surface area contributed by atoms with E-state index in [-0.39, 0.29) is 30.7 Å². The van der Waals surface area contributed by atoms with Gasteiger partial charge < -0.3 is 19.5 Å². The number of carbonyl (C=O) groups is 1. The average Bonchev–Trinajstić information content (AvgIpc) is 3.19. The number of pyridine rings is 1. The van der Waals surface area contributed by atoms with Crippen molar-refractivity contribution in [2.45, 2.75) is 58.2 Å². The highest BCUT2D eigenvalue weighted by Crippen LogP contribution is 2.36. The lowest BCUT2D eigenvalue weighted by Crippen LogP contribution is -2.21. The molecule has 0 saturated carbocycles. The number of imidazole rings is 1. The Morgan fingerprint density at radius 2 is 1.77 bits per heavy atom. The van der Waals surface area contributed by atoms with Gasteiger partial charge in [-0.1, -0.05) is 20.8 Å². The van der Waals surface area contributed by atoms with E-state index in [0.29, 0.717) is 5.69 Å². The van der Waals surface area contributed by atoms with Crippen molar-refractivity contribution in [3.63, 3.8) is 0 Å². The number of aliphatic hydroxyl groups excluding tert-OH is 2. The van der Waals surface area contributed by atoms with Crippen LogP contribution in [0.4, 0.5) is 4.39 Å². The minimum Gasteiger partial charge on any atom is -0.466 e. The lowest BCUT2D eigenvalue weighted by molar-refractivity contribution is -0.145. The van der Waals surface area contributed by atoms with Gasteiger partial charge in [0.25, 0.3) is 0 Å². The third-order valence-electron chi connectivity index (χ3n) is 5.33. The molecule has 0 radical (unpaired) electrons. The standard InChI is InChI=1S/C27H32FN3O4/c1-5-35-23(34)17-22(33)16-21(32)12-15-31-25(19-10-13-29-14-11-19)24(30-26(31)27(2,3)4)18-6-8-20(28)9-7-18/h6-15,21-22,32-33H,5,16-17H2,1-4H3/t21-,22-/m0/s1. The van der Waals surface area contributed by atoms with E-state index in [0.717, 1.165) is 22.6 Å². The quantitative estimate of drug-likeness (QED) is 0.434. The Morgan fingerprint density at radius 1 is 1.11 bits per heavy atom. The molecule has 3 rings (SSSR count). The molecule has 0 amide bonds. The van der Waals surface area contributed by atoms with Gasteiger partial charge in [0.2, 0.25) is 0 Å². The molecule has 35 heavy (non-hydrogen) atoms. The number of hydrogen-bond acceptors (Lipinski definition) is 6. The number of aromatic nitrogens is 3. The van der Waals surface area contributed by atoms with Gasteiger partial charge in [-0.15, -0.1) is 0 Å². The van der Waals surface area contributed by atoms with Crippen molar-refractivity contribution in [2.75, 3.05) is 6.61 Å². The van der Waals surface area contributed by atoms with Crippen molar-refractivity contribution in [2.24, 2.45) is 0 Å². The first-order valence-corrected chi connectivity index (χ1v) is 11.6. The molecule has 3 aromatic rings. The molecule has 0 unspecified atom stereocenters. The molecule has 1 aromatic carbocycles. The Hall–Kier alpha value is -3.36. The summed E-state index contributed by atoms with van der Waals surface area (Å²) in [5.41, 5.74) is 2.67. The molecule has 0 bridgehead atoms. The lowest BCUT2D eigenvalue weighted by Gasteiger charge is -2.19. The van der Waals surface area contributed by atoms with Gasteiger partial charge in [0.1, 0.15) is 11.6 Å². The van der Waals surface area contributed by atoms with Crippen LogP contribution in [0.15, 0.2) is 54.9 Å². The molecular weight excluding hydrogens is 449 g/mol. The minimum atomic E-state index is -1.03. The monoisotopic (exact) mass is 481 g/mol. The summed E-state index contributed by atoms with van der Waals surface area (Å²) in [6.45, 7) is 8.02. The predicted octanol–water partition coefficient (Wildman–Crippen LogP) is 4.58. The van der Waals surface area contributed by atoms with E-state index in [1.807, 2.05) is 37.5 Å². The molecule has 0 spiro atoms. The van der Waals surface area contributed by atoms with Crippen LogP contribution in [0.2, 0.25) is 0 Å². The number of hydrogen-bond donors (Lipinski definition) is 2. The van der Waals surface area contributed by atoms with Crippen molar-refractivity contribution in [3.8, 4) is 22.5 Å². The fraction of sp³-hybridized carbons (Fsp3) is 0.370. The second kappa shape index (κ2) is 11.4. The van der Waals surface area contributed by atoms with Crippen LogP contribution in [0.25, 0.3) is 28.7 Å². The molecular formula is C27H32FN3O4. The molecule has 2 N–H and O–H groups in total. The van der Waals surface area contributed by atoms with Crippen LogP contribution in [0.1, 0.15) is 46.4 Å². The number of aliphatic hydroxyl groups is 2. The van der Waals surface area contributed by atoms with Gasteiger partial charge in [0.05, 0.1) is 36.6 Å². The van der Waals surface area contributed by atoms with E-state index in [1.165, 1.54) is 12.1 Å². The first-order chi connectivity index (χ1) is 16.6. The maximum atomic E-state index is 13.6. The van der Waals surface area contributed by atoms with Crippen LogP contribution in [0.3, 0.4) is 0 Å². The van der Waals surface area contributed by atoms with Crippen molar-refractivity contribution in [1.82, 2.24) is 14.5 Å². The van der Waals surface area contributed by atoms with E-state index in [9.17, 15) is 19.4 Å². The van der Waals surface area contributed by atoms with Crippen molar-refractivity contribution in [3.05, 3.63) is 66.5 Å². The number of halogens is 1. The van der Waals surface area contributed by atoms with Crippen LogP contribution >= 0.6 is 0 Å². The van der Waals surface area contributed by atoms with E-state index < -0.39 is 18.2 Å². The third kappa shape index (κ3) is 6.83. The fourth-order valence-corrected chi connectivity index (χ4v) is 3.74. The Balaban J connectivity index is 2.03. The first-order valence-electron chi connectivity index (χ1n) is 11.6. The summed E-state index contributed by atoms with van der Waals surface area (Å²) in [7, 11) is 0. The summed E-state index contributed by atoms with van der Waals surface area (Å²) in [6.07, 6.45) is 4.40. The smallest absolute Gasteiger partial charge is 0.308 e. The van der Waals surface area contributed by atoms with E-state index >= 15 is 0 Å². The Bertz CT molecular complexity index is 1150. The summed E-state index contributed by atoms with van der Waals surface area (Å²) < 4.78 is 20.4. The molecule has 0 saturated heterocycles. The Labute approximate surface area is 204 Å². The van der Waals surface area contributed by atoms with Crippen LogP contribution < -0.4 is 0 Å². The summed E-state index contributed by atoms with van der Waals surface area (Å²) >= 11 is 0. The molecule has 2 heterocycles. The number of benzene rings is 1. The zero-order valence-electron chi connectivity index (χ0n) is 20.5. The molecule has 7 nitrogen and oxygen atoms in total. The maximum absolute atomic E-state index is 13.6. The predicted molar refractivity (Wildman–Crippen MR) is 133 cm³/mol. The zero-order chi connectivity index (χ0) is 25.6. The van der Waals surface area contributed by atoms with Crippen LogP contribution in [0, 0.1) is 5.82 Å². The molecule has 2 atom stereocenters. The minimum absolute atomic E-state index is 0.0235. The zero-order valence-corrected chi connectivity index (χ0v) is 20.5. The molecule has 0 aliphatic heterocycles. The summed E-state index contributed by atoms with van der Waals surface area (Å²) in [5.74, 6) is -0.108. The van der Waals surface area contributed by atoms with Gasteiger partial charge in [0, 0.05) is 41.6 Å². The van der Waals surface area contributed by atoms with E-state index in [2.05, 4.69) is 4.98 Å². The Kier molecular flexibility index (Phi) is 8.53. The average molecular weight is 482 g/mol. The highest BCUT2D eigenvalue weighted by molar-refractivity contribution is 5.80. The van der Waals surface area contributed by atoms with Gasteiger partial charge in [-0.2, -0.15) is 0 Å². The van der Waals surface area contributed by atoms with Crippen molar-refractivity contribution >= 4 is 12.2 Å². The number of ether oxygens (including phenoxy) is 1. The van der Waals surface area contributed by atoms with Gasteiger partial charge in [-0.3, -0.25) is 9.78 Å². The van der Waals surface area contributed by atoms with Crippen LogP contribution in [-0.4, -0.2) is 49.5 Å². The third-order valence-corrected chi connectivity index (χ3v) is 5.33. The molecule has 0 fully saturated rings. The summed E-state index contributed by atoms with van der Waals surface area (Å²) in [5, 5.41) is 20.7. The molecule has 0 aliphatic rings. The SMILES string of the molecule is CCOC(=O)C[C@@H](O)C[C@@H](O)C=Cn1c(C(C)(C)C)nc(-c2ccc(F)cc2)c1-c1ccncc1. The highest BCUT2D eigenvalue weighted by Gasteiger charge is 2.27. The topological polar surface area (TPSA) is 97.5 Å². The van der Waals surface area contributed by atoms with Gasteiger partial charge in [-0.25, -0.2) is 9.37 Å². The molecule has 2 aromatic heterocycles. The second-order valence-corrected chi connectivity index (χ2v) is 9.30. The number of carbonyl (C=O) groups excluding carboxylic acids is 1. The highest BCUT2D eigenvalue weighted by atomic mass is 19.1. The summed E-state index contributed by atoms with van der Waals surface area (Å²) in [4.78, 5) is 20.7. The van der Waals surface area contributed by atoms with Gasteiger partial charge >= 0.3 is 5.97 Å². The van der Waals surface area contributed by atoms with Gasteiger partial charge in [-0.05, 0) is 49.4 Å². The number of rotatable bonds is 9. The number of nitrogens with zero attached hydrogens (tertiary/aromatic N) is 3. The maximum Gasteiger partial charge on any atom is 0.308 e. The number of esters is 1. The largest absolute Gasteiger partial charge is 0.466 e. The van der Waals surface area contributed by atoms with Gasteiger partial charge in [0.15, 0.2) is 0 Å². The second-order valence-electron chi connectivity index (χ2n) is 9.30. The lowest BCUT2D eigenvalue weighted by atomic mass is 9.95. The molecule has 0 aliphatic carbocycles. The Morgan fingerprint density at radius 3 is 2.37 bits per heavy atom. The van der Waals surface area contributed by atoms with E-state index in [4.69, 9.17) is 9.72 Å². The van der Waals surface area contributed by atoms with E-state index in [1.54, 1.807) is 43.7 Å². The first kappa shape index (κ1) is 26.2. The fourth-order valence-electron chi connectivity index (χ4n) is 3.74. The molecule has 8 heteroatoms. The van der Waals surface area contributed by atoms with Crippen molar-refractivity contribution in [1.29, 1.82) is 0 Å². The van der Waals surface area contributed by atoms with Crippen LogP contribution in [-0.2, 0) is 14.9 Å². The van der Waals surface area contributed by atoms with Crippen LogP contribution in [0.5, 0.6) is 0 Å². The molecule has 186 valence electrons.